The normalized spacial score (nSPS) is 11.2. The van der Waals surface area contributed by atoms with Crippen LogP contribution in [0.4, 0.5) is 0 Å². The van der Waals surface area contributed by atoms with Crippen LogP contribution >= 0.6 is 0 Å². The van der Waals surface area contributed by atoms with Crippen molar-refractivity contribution in [2.24, 2.45) is 0 Å². The lowest BCUT2D eigenvalue weighted by molar-refractivity contribution is 1.18. The van der Waals surface area contributed by atoms with Crippen molar-refractivity contribution in [3.05, 3.63) is 151 Å². The summed E-state index contributed by atoms with van der Waals surface area (Å²) in [5.41, 5.74) is 9.75. The van der Waals surface area contributed by atoms with Gasteiger partial charge in [0.15, 0.2) is 0 Å². The van der Waals surface area contributed by atoms with E-state index in [1.807, 2.05) is 24.3 Å². The molecule has 0 bridgehead atoms. The number of fused-ring (bicyclic) bond motifs is 5. The van der Waals surface area contributed by atoms with Gasteiger partial charge < -0.3 is 4.57 Å². The summed E-state index contributed by atoms with van der Waals surface area (Å²) in [4.78, 5) is 9.12. The van der Waals surface area contributed by atoms with E-state index in [1.54, 1.807) is 12.3 Å². The molecule has 0 aliphatic rings. The van der Waals surface area contributed by atoms with Crippen LogP contribution < -0.4 is 0 Å². The summed E-state index contributed by atoms with van der Waals surface area (Å²) in [6.07, 6.45) is 1.65. The Hall–Kier alpha value is -6.05. The highest BCUT2D eigenvalue weighted by Crippen LogP contribution is 2.42. The van der Waals surface area contributed by atoms with Crippen molar-refractivity contribution < 1.29 is 0 Å². The van der Waals surface area contributed by atoms with Crippen LogP contribution in [0, 0.1) is 11.3 Å². The first-order chi connectivity index (χ1) is 21.3. The van der Waals surface area contributed by atoms with Gasteiger partial charge in [-0.15, -0.1) is 0 Å². The number of nitrogens with zero attached hydrogens (tertiary/aromatic N) is 4. The lowest BCUT2D eigenvalue weighted by atomic mass is 9.94. The Morgan fingerprint density at radius 1 is 0.535 bits per heavy atom. The smallest absolute Gasteiger partial charge is 0.141 e. The molecule has 0 saturated heterocycles. The van der Waals surface area contributed by atoms with Crippen molar-refractivity contribution in [3.63, 3.8) is 0 Å². The second kappa shape index (κ2) is 10.1. The minimum absolute atomic E-state index is 0.376. The SMILES string of the molecule is N#Cc1cc(-c2cccc(-c3ccc4c5c6ccccc6c(-c6ccccc6)cc5n(-c5ccccc5)c4c3)n2)ccn1. The molecule has 0 amide bonds. The second-order valence-electron chi connectivity index (χ2n) is 10.6. The summed E-state index contributed by atoms with van der Waals surface area (Å²) in [5, 5.41) is 14.2. The fourth-order valence-electron chi connectivity index (χ4n) is 6.16. The highest BCUT2D eigenvalue weighted by atomic mass is 15.0. The van der Waals surface area contributed by atoms with Gasteiger partial charge in [-0.25, -0.2) is 9.97 Å². The Morgan fingerprint density at radius 2 is 1.23 bits per heavy atom. The predicted octanol–water partition coefficient (Wildman–Crippen LogP) is 9.60. The van der Waals surface area contributed by atoms with Gasteiger partial charge in [0.05, 0.1) is 22.4 Å². The van der Waals surface area contributed by atoms with Crippen LogP contribution in [0.3, 0.4) is 0 Å². The number of rotatable bonds is 4. The molecule has 5 aromatic carbocycles. The van der Waals surface area contributed by atoms with Gasteiger partial charge in [-0.2, -0.15) is 5.26 Å². The monoisotopic (exact) mass is 548 g/mol. The van der Waals surface area contributed by atoms with Gasteiger partial charge in [-0.1, -0.05) is 91.0 Å². The van der Waals surface area contributed by atoms with Gasteiger partial charge in [0, 0.05) is 33.8 Å². The van der Waals surface area contributed by atoms with E-state index < -0.39 is 0 Å². The maximum absolute atomic E-state index is 9.33. The maximum Gasteiger partial charge on any atom is 0.141 e. The van der Waals surface area contributed by atoms with Gasteiger partial charge in [-0.3, -0.25) is 0 Å². The summed E-state index contributed by atoms with van der Waals surface area (Å²) >= 11 is 0. The minimum atomic E-state index is 0.376. The zero-order valence-corrected chi connectivity index (χ0v) is 23.1. The van der Waals surface area contributed by atoms with Crippen molar-refractivity contribution in [2.75, 3.05) is 0 Å². The minimum Gasteiger partial charge on any atom is -0.309 e. The topological polar surface area (TPSA) is 54.5 Å². The molecule has 0 atom stereocenters. The number of benzene rings is 5. The largest absolute Gasteiger partial charge is 0.309 e. The van der Waals surface area contributed by atoms with Gasteiger partial charge in [0.25, 0.3) is 0 Å². The molecule has 0 aliphatic carbocycles. The Kier molecular flexibility index (Phi) is 5.80. The molecule has 3 heterocycles. The zero-order valence-electron chi connectivity index (χ0n) is 23.1. The van der Waals surface area contributed by atoms with E-state index in [-0.39, 0.29) is 0 Å². The van der Waals surface area contributed by atoms with Gasteiger partial charge >= 0.3 is 0 Å². The van der Waals surface area contributed by atoms with Crippen molar-refractivity contribution in [1.29, 1.82) is 5.26 Å². The van der Waals surface area contributed by atoms with Crippen molar-refractivity contribution >= 4 is 32.6 Å². The van der Waals surface area contributed by atoms with E-state index in [0.717, 1.165) is 33.7 Å². The average molecular weight is 549 g/mol. The number of nitriles is 1. The van der Waals surface area contributed by atoms with Gasteiger partial charge in [0.1, 0.15) is 11.8 Å². The summed E-state index contributed by atoms with van der Waals surface area (Å²) < 4.78 is 2.37. The molecule has 43 heavy (non-hydrogen) atoms. The van der Waals surface area contributed by atoms with Crippen molar-refractivity contribution in [3.8, 4) is 45.4 Å². The fourth-order valence-corrected chi connectivity index (χ4v) is 6.16. The molecule has 3 aromatic heterocycles. The Balaban J connectivity index is 1.42. The first kappa shape index (κ1) is 24.7. The van der Waals surface area contributed by atoms with Crippen LogP contribution in [0.2, 0.25) is 0 Å². The molecule has 4 nitrogen and oxygen atoms in total. The van der Waals surface area contributed by atoms with Crippen LogP contribution in [-0.2, 0) is 0 Å². The lowest BCUT2D eigenvalue weighted by Gasteiger charge is -2.12. The maximum atomic E-state index is 9.33. The molecule has 8 rings (SSSR count). The number of pyridine rings is 2. The number of hydrogen-bond donors (Lipinski definition) is 0. The highest BCUT2D eigenvalue weighted by Gasteiger charge is 2.19. The summed E-state index contributed by atoms with van der Waals surface area (Å²) in [6, 6.07) is 50.7. The lowest BCUT2D eigenvalue weighted by Crippen LogP contribution is -1.95. The molecule has 200 valence electrons. The number of para-hydroxylation sites is 1. The van der Waals surface area contributed by atoms with E-state index in [1.165, 1.54) is 38.2 Å². The second-order valence-corrected chi connectivity index (χ2v) is 10.6. The van der Waals surface area contributed by atoms with Crippen LogP contribution in [0.5, 0.6) is 0 Å². The van der Waals surface area contributed by atoms with Crippen LogP contribution in [0.1, 0.15) is 5.69 Å². The van der Waals surface area contributed by atoms with Crippen LogP contribution in [-0.4, -0.2) is 14.5 Å². The molecule has 0 radical (unpaired) electrons. The molecule has 0 saturated carbocycles. The third-order valence-electron chi connectivity index (χ3n) is 8.09. The molecule has 0 fully saturated rings. The van der Waals surface area contributed by atoms with E-state index in [0.29, 0.717) is 5.69 Å². The zero-order chi connectivity index (χ0) is 28.8. The fraction of sp³-hybridized carbons (Fsp3) is 0. The van der Waals surface area contributed by atoms with Gasteiger partial charge in [-0.05, 0) is 70.4 Å². The number of hydrogen-bond acceptors (Lipinski definition) is 3. The quantitative estimate of drug-likeness (QED) is 0.220. The van der Waals surface area contributed by atoms with Crippen molar-refractivity contribution in [1.82, 2.24) is 14.5 Å². The molecule has 0 spiro atoms. The predicted molar refractivity (Wildman–Crippen MR) is 175 cm³/mol. The van der Waals surface area contributed by atoms with Gasteiger partial charge in [0.2, 0.25) is 0 Å². The molecule has 0 unspecified atom stereocenters. The Morgan fingerprint density at radius 3 is 2.00 bits per heavy atom. The van der Waals surface area contributed by atoms with E-state index in [2.05, 4.69) is 125 Å². The molecule has 8 aromatic rings. The molecule has 0 aliphatic heterocycles. The Labute approximate surface area is 248 Å². The molecule has 4 heteroatoms. The van der Waals surface area contributed by atoms with E-state index in [4.69, 9.17) is 4.98 Å². The Bertz CT molecular complexity index is 2350. The van der Waals surface area contributed by atoms with Crippen molar-refractivity contribution in [2.45, 2.75) is 0 Å². The standard InChI is InChI=1S/C39H24N4/c40-25-29-22-28(20-21-41-29)36-17-9-16-35(42-36)27-18-19-33-37(23-27)43(30-12-5-2-6-13-30)38-24-34(26-10-3-1-4-11-26)31-14-7-8-15-32(31)39(33)38/h1-24H. The van der Waals surface area contributed by atoms with E-state index >= 15 is 0 Å². The molecular weight excluding hydrogens is 524 g/mol. The third kappa shape index (κ3) is 4.15. The average Bonchev–Trinajstić information content (AvgIpc) is 3.42. The molecule has 0 N–H and O–H groups in total. The van der Waals surface area contributed by atoms with Crippen LogP contribution in [0.25, 0.3) is 71.9 Å². The highest BCUT2D eigenvalue weighted by molar-refractivity contribution is 6.24. The number of aromatic nitrogens is 3. The summed E-state index contributed by atoms with van der Waals surface area (Å²) in [6.45, 7) is 0. The third-order valence-corrected chi connectivity index (χ3v) is 8.09. The molecular formula is C39H24N4. The van der Waals surface area contributed by atoms with E-state index in [9.17, 15) is 5.26 Å². The van der Waals surface area contributed by atoms with Crippen LogP contribution in [0.15, 0.2) is 146 Å². The summed E-state index contributed by atoms with van der Waals surface area (Å²) in [5.74, 6) is 0. The first-order valence-electron chi connectivity index (χ1n) is 14.2. The summed E-state index contributed by atoms with van der Waals surface area (Å²) in [7, 11) is 0. The first-order valence-corrected chi connectivity index (χ1v) is 14.2.